The zero-order valence-electron chi connectivity index (χ0n) is 7.13. The quantitative estimate of drug-likeness (QED) is 0.815. The van der Waals surface area contributed by atoms with E-state index in [0.717, 1.165) is 27.3 Å². The van der Waals surface area contributed by atoms with Gasteiger partial charge in [-0.3, -0.25) is 0 Å². The summed E-state index contributed by atoms with van der Waals surface area (Å²) < 4.78 is 6.53. The first-order valence-electron chi connectivity index (χ1n) is 4.08. The molecule has 4 heteroatoms. The standard InChI is InChI=1S/C9H8BrNOS/c1-5-8(12-6-2-3-6)7(4-11)9(10)13-5/h6H,2-3H2,1H3. The molecule has 0 aromatic carbocycles. The molecule has 0 atom stereocenters. The molecule has 0 amide bonds. The van der Waals surface area contributed by atoms with Gasteiger partial charge in [-0.05, 0) is 35.7 Å². The van der Waals surface area contributed by atoms with Crippen molar-refractivity contribution in [2.45, 2.75) is 25.9 Å². The second-order valence-electron chi connectivity index (χ2n) is 3.07. The van der Waals surface area contributed by atoms with Gasteiger partial charge in [0.05, 0.1) is 9.89 Å². The maximum Gasteiger partial charge on any atom is 0.152 e. The molecular formula is C9H8BrNOS. The van der Waals surface area contributed by atoms with Crippen molar-refractivity contribution in [3.05, 3.63) is 14.2 Å². The van der Waals surface area contributed by atoms with Crippen LogP contribution in [-0.2, 0) is 0 Å². The molecule has 0 N–H and O–H groups in total. The number of ether oxygens (including phenoxy) is 1. The van der Waals surface area contributed by atoms with Crippen molar-refractivity contribution in [2.24, 2.45) is 0 Å². The highest BCUT2D eigenvalue weighted by atomic mass is 79.9. The maximum absolute atomic E-state index is 8.89. The van der Waals surface area contributed by atoms with Gasteiger partial charge in [-0.1, -0.05) is 0 Å². The van der Waals surface area contributed by atoms with Gasteiger partial charge < -0.3 is 4.74 Å². The summed E-state index contributed by atoms with van der Waals surface area (Å²) in [5, 5.41) is 8.89. The maximum atomic E-state index is 8.89. The van der Waals surface area contributed by atoms with Crippen LogP contribution in [-0.4, -0.2) is 6.10 Å². The van der Waals surface area contributed by atoms with Crippen LogP contribution in [0.5, 0.6) is 5.75 Å². The number of nitrogens with zero attached hydrogens (tertiary/aromatic N) is 1. The Bertz CT molecular complexity index is 376. The van der Waals surface area contributed by atoms with Gasteiger partial charge in [0.25, 0.3) is 0 Å². The van der Waals surface area contributed by atoms with Crippen molar-refractivity contribution in [3.63, 3.8) is 0 Å². The number of thiophene rings is 1. The van der Waals surface area contributed by atoms with Crippen LogP contribution >= 0.6 is 27.3 Å². The number of hydrogen-bond donors (Lipinski definition) is 0. The zero-order chi connectivity index (χ0) is 9.42. The van der Waals surface area contributed by atoms with Crippen molar-refractivity contribution in [1.82, 2.24) is 0 Å². The lowest BCUT2D eigenvalue weighted by atomic mass is 10.3. The van der Waals surface area contributed by atoms with Gasteiger partial charge in [0.15, 0.2) is 5.75 Å². The van der Waals surface area contributed by atoms with E-state index in [4.69, 9.17) is 10.00 Å². The van der Waals surface area contributed by atoms with Crippen LogP contribution in [0.25, 0.3) is 0 Å². The molecule has 68 valence electrons. The SMILES string of the molecule is Cc1sc(Br)c(C#N)c1OC1CC1. The molecule has 1 saturated carbocycles. The van der Waals surface area contributed by atoms with E-state index in [1.807, 2.05) is 6.92 Å². The summed E-state index contributed by atoms with van der Waals surface area (Å²) in [6.45, 7) is 1.98. The van der Waals surface area contributed by atoms with Gasteiger partial charge in [-0.25, -0.2) is 0 Å². The van der Waals surface area contributed by atoms with Gasteiger partial charge in [0.2, 0.25) is 0 Å². The van der Waals surface area contributed by atoms with Gasteiger partial charge >= 0.3 is 0 Å². The average Bonchev–Trinajstić information content (AvgIpc) is 2.82. The number of halogens is 1. The first-order chi connectivity index (χ1) is 6.22. The van der Waals surface area contributed by atoms with Gasteiger partial charge in [0, 0.05) is 4.88 Å². The van der Waals surface area contributed by atoms with E-state index in [0.29, 0.717) is 11.7 Å². The Balaban J connectivity index is 2.35. The van der Waals surface area contributed by atoms with E-state index < -0.39 is 0 Å². The summed E-state index contributed by atoms with van der Waals surface area (Å²) in [5.41, 5.74) is 0.648. The molecule has 1 heterocycles. The lowest BCUT2D eigenvalue weighted by Crippen LogP contribution is -1.97. The van der Waals surface area contributed by atoms with Crippen LogP contribution < -0.4 is 4.74 Å². The smallest absolute Gasteiger partial charge is 0.152 e. The predicted molar refractivity (Wildman–Crippen MR) is 55.1 cm³/mol. The van der Waals surface area contributed by atoms with Gasteiger partial charge in [0.1, 0.15) is 11.6 Å². The second kappa shape index (κ2) is 3.32. The normalized spacial score (nSPS) is 15.5. The van der Waals surface area contributed by atoms with Crippen LogP contribution in [0.15, 0.2) is 3.79 Å². The van der Waals surface area contributed by atoms with Crippen molar-refractivity contribution >= 4 is 27.3 Å². The van der Waals surface area contributed by atoms with E-state index in [1.165, 1.54) is 0 Å². The van der Waals surface area contributed by atoms with Crippen LogP contribution in [0, 0.1) is 18.3 Å². The minimum absolute atomic E-state index is 0.354. The highest BCUT2D eigenvalue weighted by Gasteiger charge is 2.27. The largest absolute Gasteiger partial charge is 0.488 e. The van der Waals surface area contributed by atoms with Crippen molar-refractivity contribution in [3.8, 4) is 11.8 Å². The molecule has 1 aromatic rings. The van der Waals surface area contributed by atoms with Gasteiger partial charge in [-0.2, -0.15) is 5.26 Å². The first-order valence-corrected chi connectivity index (χ1v) is 5.69. The fourth-order valence-electron chi connectivity index (χ4n) is 1.09. The third kappa shape index (κ3) is 1.72. The molecular weight excluding hydrogens is 250 g/mol. The Morgan fingerprint density at radius 1 is 1.62 bits per heavy atom. The average molecular weight is 258 g/mol. The van der Waals surface area contributed by atoms with Crippen LogP contribution in [0.2, 0.25) is 0 Å². The Kier molecular flexibility index (Phi) is 2.31. The van der Waals surface area contributed by atoms with Crippen LogP contribution in [0.4, 0.5) is 0 Å². The molecule has 1 aliphatic carbocycles. The summed E-state index contributed by atoms with van der Waals surface area (Å²) in [5.74, 6) is 0.780. The third-order valence-electron chi connectivity index (χ3n) is 1.91. The number of rotatable bonds is 2. The summed E-state index contributed by atoms with van der Waals surface area (Å²) in [6.07, 6.45) is 2.60. The monoisotopic (exact) mass is 257 g/mol. The molecule has 0 bridgehead atoms. The Hall–Kier alpha value is -0.530. The summed E-state index contributed by atoms with van der Waals surface area (Å²) >= 11 is 4.91. The minimum Gasteiger partial charge on any atom is -0.488 e. The van der Waals surface area contributed by atoms with Crippen LogP contribution in [0.1, 0.15) is 23.3 Å². The Morgan fingerprint density at radius 2 is 2.31 bits per heavy atom. The molecule has 1 aliphatic rings. The molecule has 1 fully saturated rings. The highest BCUT2D eigenvalue weighted by molar-refractivity contribution is 9.11. The molecule has 1 aromatic heterocycles. The first kappa shape index (κ1) is 9.04. The summed E-state index contributed by atoms with van der Waals surface area (Å²) in [7, 11) is 0. The van der Waals surface area contributed by atoms with Crippen LogP contribution in [0.3, 0.4) is 0 Å². The highest BCUT2D eigenvalue weighted by Crippen LogP contribution is 2.40. The molecule has 13 heavy (non-hydrogen) atoms. The van der Waals surface area contributed by atoms with E-state index in [2.05, 4.69) is 22.0 Å². The van der Waals surface area contributed by atoms with E-state index >= 15 is 0 Å². The number of aryl methyl sites for hydroxylation is 1. The lowest BCUT2D eigenvalue weighted by molar-refractivity contribution is 0.302. The topological polar surface area (TPSA) is 33.0 Å². The minimum atomic E-state index is 0.354. The van der Waals surface area contributed by atoms with Crippen molar-refractivity contribution in [2.75, 3.05) is 0 Å². The molecule has 0 unspecified atom stereocenters. The predicted octanol–water partition coefficient (Wildman–Crippen LogP) is 3.23. The molecule has 0 saturated heterocycles. The van der Waals surface area contributed by atoms with E-state index in [9.17, 15) is 0 Å². The third-order valence-corrected chi connectivity index (χ3v) is 3.66. The number of nitriles is 1. The van der Waals surface area contributed by atoms with Crippen molar-refractivity contribution in [1.29, 1.82) is 5.26 Å². The summed E-state index contributed by atoms with van der Waals surface area (Å²) in [6, 6.07) is 2.16. The summed E-state index contributed by atoms with van der Waals surface area (Å²) in [4.78, 5) is 1.08. The van der Waals surface area contributed by atoms with E-state index in [1.54, 1.807) is 11.3 Å². The molecule has 2 nitrogen and oxygen atoms in total. The molecule has 0 radical (unpaired) electrons. The second-order valence-corrected chi connectivity index (χ2v) is 5.61. The Labute approximate surface area is 89.3 Å². The van der Waals surface area contributed by atoms with Gasteiger partial charge in [-0.15, -0.1) is 11.3 Å². The lowest BCUT2D eigenvalue weighted by Gasteiger charge is -2.02. The van der Waals surface area contributed by atoms with Crippen molar-refractivity contribution < 1.29 is 4.74 Å². The molecule has 2 rings (SSSR count). The molecule has 0 aliphatic heterocycles. The molecule has 0 spiro atoms. The fourth-order valence-corrected chi connectivity index (χ4v) is 2.84. The Morgan fingerprint density at radius 3 is 2.85 bits per heavy atom. The van der Waals surface area contributed by atoms with E-state index in [-0.39, 0.29) is 0 Å². The number of hydrogen-bond acceptors (Lipinski definition) is 3. The zero-order valence-corrected chi connectivity index (χ0v) is 9.54. The fraction of sp³-hybridized carbons (Fsp3) is 0.444.